The molecular weight excluding hydrogens is 300 g/mol. The Morgan fingerprint density at radius 3 is 2.35 bits per heavy atom. The van der Waals surface area contributed by atoms with E-state index in [9.17, 15) is 0 Å². The van der Waals surface area contributed by atoms with Crippen LogP contribution >= 0.6 is 0 Å². The zero-order chi connectivity index (χ0) is 15.5. The molecule has 0 aromatic heterocycles. The van der Waals surface area contributed by atoms with Gasteiger partial charge in [-0.05, 0) is 35.9 Å². The number of hydrogen-bond donors (Lipinski definition) is 0. The van der Waals surface area contributed by atoms with Crippen LogP contribution in [0, 0.1) is 0 Å². The Morgan fingerprint density at radius 1 is 0.783 bits per heavy atom. The molecule has 0 N–H and O–H groups in total. The van der Waals surface area contributed by atoms with E-state index in [1.54, 1.807) is 0 Å². The molecule has 1 aliphatic rings. The number of benzene rings is 3. The number of fused-ring (bicyclic) bond motifs is 1. The Hall–Kier alpha value is -1.93. The third-order valence-corrected chi connectivity index (χ3v) is 6.96. The largest absolute Gasteiger partial charge is 0.484 e. The zero-order valence-corrected chi connectivity index (χ0v) is 14.0. The lowest BCUT2D eigenvalue weighted by Gasteiger charge is -2.13. The highest BCUT2D eigenvalue weighted by molar-refractivity contribution is 7.97. The SMILES string of the molecule is c1ccc(COc2ccc3ccccc3c2[S+]2CCCC2)cc1. The van der Waals surface area contributed by atoms with E-state index in [1.165, 1.54) is 45.6 Å². The first-order valence-electron chi connectivity index (χ1n) is 8.28. The summed E-state index contributed by atoms with van der Waals surface area (Å²) in [4.78, 5) is 1.46. The molecule has 1 heterocycles. The van der Waals surface area contributed by atoms with E-state index >= 15 is 0 Å². The van der Waals surface area contributed by atoms with Crippen molar-refractivity contribution in [1.29, 1.82) is 0 Å². The average Bonchev–Trinajstić information content (AvgIpc) is 3.14. The van der Waals surface area contributed by atoms with E-state index in [-0.39, 0.29) is 0 Å². The Bertz CT molecular complexity index is 791. The lowest BCUT2D eigenvalue weighted by Crippen LogP contribution is -2.08. The van der Waals surface area contributed by atoms with Crippen LogP contribution < -0.4 is 4.74 Å². The Labute approximate surface area is 140 Å². The maximum Gasteiger partial charge on any atom is 0.204 e. The molecule has 0 atom stereocenters. The molecule has 4 rings (SSSR count). The Kier molecular flexibility index (Phi) is 4.25. The molecule has 2 heteroatoms. The summed E-state index contributed by atoms with van der Waals surface area (Å²) in [5.74, 6) is 3.71. The fourth-order valence-corrected chi connectivity index (χ4v) is 5.85. The van der Waals surface area contributed by atoms with Crippen LogP contribution in [0.2, 0.25) is 0 Å². The van der Waals surface area contributed by atoms with Gasteiger partial charge in [-0.1, -0.05) is 54.6 Å². The molecule has 1 aliphatic heterocycles. The molecule has 3 aromatic carbocycles. The summed E-state index contributed by atoms with van der Waals surface area (Å²) in [6.45, 7) is 0.642. The van der Waals surface area contributed by atoms with Crippen LogP contribution in [0.25, 0.3) is 10.8 Å². The average molecular weight is 321 g/mol. The fourth-order valence-electron chi connectivity index (χ4n) is 3.23. The van der Waals surface area contributed by atoms with Gasteiger partial charge in [0, 0.05) is 16.3 Å². The second-order valence-corrected chi connectivity index (χ2v) is 8.21. The Balaban J connectivity index is 1.71. The van der Waals surface area contributed by atoms with Gasteiger partial charge in [0.1, 0.15) is 18.1 Å². The van der Waals surface area contributed by atoms with Crippen LogP contribution in [0.5, 0.6) is 5.75 Å². The second-order valence-electron chi connectivity index (χ2n) is 6.00. The fraction of sp³-hybridized carbons (Fsp3) is 0.238. The maximum atomic E-state index is 6.25. The highest BCUT2D eigenvalue weighted by Gasteiger charge is 2.32. The van der Waals surface area contributed by atoms with Gasteiger partial charge in [0.15, 0.2) is 5.75 Å². The maximum absolute atomic E-state index is 6.25. The van der Waals surface area contributed by atoms with Gasteiger partial charge < -0.3 is 4.74 Å². The summed E-state index contributed by atoms with van der Waals surface area (Å²) in [5, 5.41) is 2.71. The number of rotatable bonds is 4. The summed E-state index contributed by atoms with van der Waals surface area (Å²) in [5.41, 5.74) is 1.22. The number of ether oxygens (including phenoxy) is 1. The van der Waals surface area contributed by atoms with Crippen LogP contribution in [0.4, 0.5) is 0 Å². The van der Waals surface area contributed by atoms with Crippen LogP contribution in [-0.2, 0) is 17.5 Å². The smallest absolute Gasteiger partial charge is 0.204 e. The first-order valence-corrected chi connectivity index (χ1v) is 9.84. The van der Waals surface area contributed by atoms with Gasteiger partial charge in [-0.3, -0.25) is 0 Å². The molecule has 0 amide bonds. The summed E-state index contributed by atoms with van der Waals surface area (Å²) in [6, 6.07) is 23.5. The number of hydrogen-bond acceptors (Lipinski definition) is 1. The standard InChI is InChI=1S/C21H21OS/c1-2-8-17(9-3-1)16-22-20-13-12-18-10-4-5-11-19(18)21(20)23-14-6-7-15-23/h1-5,8-13H,6-7,14-16H2/q+1. The molecule has 0 saturated carbocycles. The van der Waals surface area contributed by atoms with Crippen molar-refractivity contribution >= 4 is 21.7 Å². The molecule has 3 aromatic rings. The molecule has 1 fully saturated rings. The van der Waals surface area contributed by atoms with Crippen molar-refractivity contribution < 1.29 is 4.74 Å². The quantitative estimate of drug-likeness (QED) is 0.601. The molecule has 0 radical (unpaired) electrons. The van der Waals surface area contributed by atoms with Crippen LogP contribution in [0.15, 0.2) is 71.6 Å². The minimum absolute atomic E-state index is 0.340. The van der Waals surface area contributed by atoms with E-state index < -0.39 is 0 Å². The third-order valence-electron chi connectivity index (χ3n) is 4.40. The minimum Gasteiger partial charge on any atom is -0.484 e. The first kappa shape index (κ1) is 14.6. The van der Waals surface area contributed by atoms with Gasteiger partial charge in [0.25, 0.3) is 0 Å². The van der Waals surface area contributed by atoms with Gasteiger partial charge >= 0.3 is 0 Å². The predicted octanol–water partition coefficient (Wildman–Crippen LogP) is 5.19. The van der Waals surface area contributed by atoms with E-state index in [1.807, 2.05) is 6.07 Å². The summed E-state index contributed by atoms with van der Waals surface area (Å²) in [7, 11) is 0.340. The first-order chi connectivity index (χ1) is 11.4. The van der Waals surface area contributed by atoms with Gasteiger partial charge in [0.05, 0.1) is 0 Å². The van der Waals surface area contributed by atoms with Crippen LogP contribution in [0.3, 0.4) is 0 Å². The van der Waals surface area contributed by atoms with Crippen LogP contribution in [0.1, 0.15) is 18.4 Å². The minimum atomic E-state index is 0.340. The van der Waals surface area contributed by atoms with E-state index in [2.05, 4.69) is 60.7 Å². The monoisotopic (exact) mass is 321 g/mol. The van der Waals surface area contributed by atoms with Gasteiger partial charge in [-0.15, -0.1) is 0 Å². The van der Waals surface area contributed by atoms with E-state index in [4.69, 9.17) is 4.74 Å². The summed E-state index contributed by atoms with van der Waals surface area (Å²) < 4.78 is 6.25. The molecule has 0 unspecified atom stereocenters. The zero-order valence-electron chi connectivity index (χ0n) is 13.2. The van der Waals surface area contributed by atoms with Crippen LogP contribution in [-0.4, -0.2) is 11.5 Å². The highest BCUT2D eigenvalue weighted by atomic mass is 32.2. The molecule has 23 heavy (non-hydrogen) atoms. The van der Waals surface area contributed by atoms with E-state index in [0.717, 1.165) is 5.75 Å². The van der Waals surface area contributed by atoms with Crippen molar-refractivity contribution in [2.24, 2.45) is 0 Å². The molecule has 0 aliphatic carbocycles. The van der Waals surface area contributed by atoms with Crippen molar-refractivity contribution in [3.8, 4) is 5.75 Å². The normalized spacial score (nSPS) is 15.1. The summed E-state index contributed by atoms with van der Waals surface area (Å²) >= 11 is 0. The van der Waals surface area contributed by atoms with Crippen molar-refractivity contribution in [2.75, 3.05) is 11.5 Å². The topological polar surface area (TPSA) is 9.23 Å². The Morgan fingerprint density at radius 2 is 1.52 bits per heavy atom. The van der Waals surface area contributed by atoms with Gasteiger partial charge in [-0.2, -0.15) is 0 Å². The van der Waals surface area contributed by atoms with Crippen molar-refractivity contribution in [3.63, 3.8) is 0 Å². The van der Waals surface area contributed by atoms with Gasteiger partial charge in [-0.25, -0.2) is 0 Å². The highest BCUT2D eigenvalue weighted by Crippen LogP contribution is 2.37. The van der Waals surface area contributed by atoms with Crippen molar-refractivity contribution in [1.82, 2.24) is 0 Å². The molecule has 0 spiro atoms. The molecule has 116 valence electrons. The molecule has 0 bridgehead atoms. The van der Waals surface area contributed by atoms with Gasteiger partial charge in [0.2, 0.25) is 4.90 Å². The molecule has 1 saturated heterocycles. The third kappa shape index (κ3) is 3.09. The second kappa shape index (κ2) is 6.67. The van der Waals surface area contributed by atoms with Crippen molar-refractivity contribution in [3.05, 3.63) is 72.3 Å². The van der Waals surface area contributed by atoms with Crippen molar-refractivity contribution in [2.45, 2.75) is 24.3 Å². The van der Waals surface area contributed by atoms with E-state index in [0.29, 0.717) is 17.5 Å². The molecule has 1 nitrogen and oxygen atoms in total. The summed E-state index contributed by atoms with van der Waals surface area (Å²) in [6.07, 6.45) is 2.70. The molecular formula is C21H21OS+. The lowest BCUT2D eigenvalue weighted by molar-refractivity contribution is 0.299. The predicted molar refractivity (Wildman–Crippen MR) is 99.3 cm³/mol. The lowest BCUT2D eigenvalue weighted by atomic mass is 10.1.